The van der Waals surface area contributed by atoms with Crippen LogP contribution in [0.15, 0.2) is 77.2 Å². The quantitative estimate of drug-likeness (QED) is 0.362. The van der Waals surface area contributed by atoms with Gasteiger partial charge in [0.05, 0.1) is 16.2 Å². The molecule has 1 heterocycles. The molecule has 144 valence electrons. The molecule has 1 N–H and O–H groups in total. The van der Waals surface area contributed by atoms with E-state index in [1.54, 1.807) is 16.7 Å². The summed E-state index contributed by atoms with van der Waals surface area (Å²) in [5, 5.41) is 3.67. The first kappa shape index (κ1) is 19.9. The van der Waals surface area contributed by atoms with Gasteiger partial charge in [-0.25, -0.2) is 4.98 Å². The summed E-state index contributed by atoms with van der Waals surface area (Å²) in [6.07, 6.45) is 2.44. The molecule has 0 aliphatic rings. The van der Waals surface area contributed by atoms with Gasteiger partial charge in [0.2, 0.25) is 5.91 Å². The Morgan fingerprint density at radius 3 is 2.68 bits per heavy atom. The van der Waals surface area contributed by atoms with Gasteiger partial charge >= 0.3 is 0 Å². The Hall–Kier alpha value is -2.86. The molecule has 0 aliphatic carbocycles. The van der Waals surface area contributed by atoms with E-state index in [1.807, 2.05) is 55.5 Å². The van der Waals surface area contributed by atoms with Gasteiger partial charge in [-0.05, 0) is 31.0 Å². The number of nitrogens with one attached hydrogen (secondary N) is 1. The number of carbonyl (C=O) groups is 1. The van der Waals surface area contributed by atoms with Crippen LogP contribution in [0, 0.1) is 0 Å². The predicted octanol–water partition coefficient (Wildman–Crippen LogP) is 3.42. The lowest BCUT2D eigenvalue weighted by Gasteiger charge is -2.15. The summed E-state index contributed by atoms with van der Waals surface area (Å²) in [7, 11) is 0. The lowest BCUT2D eigenvalue weighted by molar-refractivity contribution is -0.120. The number of benzene rings is 2. The third-order valence-electron chi connectivity index (χ3n) is 4.35. The van der Waals surface area contributed by atoms with Crippen LogP contribution in [0.1, 0.15) is 12.5 Å². The van der Waals surface area contributed by atoms with Crippen LogP contribution in [-0.4, -0.2) is 27.3 Å². The highest BCUT2D eigenvalue weighted by molar-refractivity contribution is 8.00. The summed E-state index contributed by atoms with van der Waals surface area (Å²) in [5.41, 5.74) is 1.69. The molecule has 0 bridgehead atoms. The van der Waals surface area contributed by atoms with Crippen LogP contribution in [0.25, 0.3) is 10.9 Å². The molecule has 0 unspecified atom stereocenters. The van der Waals surface area contributed by atoms with Crippen LogP contribution in [0.5, 0.6) is 0 Å². The number of aromatic nitrogens is 2. The maximum Gasteiger partial charge on any atom is 0.262 e. The Balaban J connectivity index is 1.71. The van der Waals surface area contributed by atoms with E-state index in [0.717, 1.165) is 6.42 Å². The second-order valence-electron chi connectivity index (χ2n) is 6.40. The molecule has 0 aliphatic heterocycles. The number of fused-ring (bicyclic) bond motifs is 1. The molecule has 0 saturated heterocycles. The standard InChI is InChI=1S/C22H23N3O2S/c1-3-15-25-21(27)18-11-7-8-12-19(18)24-22(25)28-16(2)20(26)23-14-13-17-9-5-4-6-10-17/h3-12,16H,1,13-15H2,2H3,(H,23,26)/t16-/m1/s1. The first-order valence-corrected chi connectivity index (χ1v) is 10.1. The molecule has 2 aromatic carbocycles. The highest BCUT2D eigenvalue weighted by Gasteiger charge is 2.18. The summed E-state index contributed by atoms with van der Waals surface area (Å²) >= 11 is 1.29. The van der Waals surface area contributed by atoms with E-state index in [2.05, 4.69) is 16.9 Å². The molecule has 1 aromatic heterocycles. The van der Waals surface area contributed by atoms with Gasteiger partial charge < -0.3 is 5.32 Å². The van der Waals surface area contributed by atoms with Crippen LogP contribution in [0.2, 0.25) is 0 Å². The zero-order valence-corrected chi connectivity index (χ0v) is 16.6. The number of nitrogens with zero attached hydrogens (tertiary/aromatic N) is 2. The summed E-state index contributed by atoms with van der Waals surface area (Å²) in [6.45, 7) is 6.46. The van der Waals surface area contributed by atoms with Gasteiger partial charge in [-0.2, -0.15) is 0 Å². The van der Waals surface area contributed by atoms with Crippen LogP contribution >= 0.6 is 11.8 Å². The molecule has 0 saturated carbocycles. The zero-order valence-electron chi connectivity index (χ0n) is 15.8. The van der Waals surface area contributed by atoms with Gasteiger partial charge in [0.25, 0.3) is 5.56 Å². The molecular weight excluding hydrogens is 370 g/mol. The van der Waals surface area contributed by atoms with E-state index in [9.17, 15) is 9.59 Å². The topological polar surface area (TPSA) is 64.0 Å². The molecule has 1 atom stereocenters. The van der Waals surface area contributed by atoms with Crippen LogP contribution in [0.3, 0.4) is 0 Å². The van der Waals surface area contributed by atoms with Crippen LogP contribution in [-0.2, 0) is 17.8 Å². The van der Waals surface area contributed by atoms with Crippen molar-refractivity contribution in [1.29, 1.82) is 0 Å². The van der Waals surface area contributed by atoms with Crippen molar-refractivity contribution in [2.24, 2.45) is 0 Å². The predicted molar refractivity (Wildman–Crippen MR) is 115 cm³/mol. The van der Waals surface area contributed by atoms with E-state index in [-0.39, 0.29) is 16.7 Å². The van der Waals surface area contributed by atoms with Crippen molar-refractivity contribution in [2.45, 2.75) is 30.3 Å². The monoisotopic (exact) mass is 393 g/mol. The summed E-state index contributed by atoms with van der Waals surface area (Å²) in [4.78, 5) is 29.9. The fraction of sp³-hybridized carbons (Fsp3) is 0.227. The zero-order chi connectivity index (χ0) is 19.9. The van der Waals surface area contributed by atoms with Gasteiger partial charge in [-0.15, -0.1) is 6.58 Å². The summed E-state index contributed by atoms with van der Waals surface area (Å²) < 4.78 is 1.56. The minimum absolute atomic E-state index is 0.0755. The minimum atomic E-state index is -0.375. The highest BCUT2D eigenvalue weighted by atomic mass is 32.2. The van der Waals surface area contributed by atoms with E-state index < -0.39 is 0 Å². The van der Waals surface area contributed by atoms with E-state index in [4.69, 9.17) is 0 Å². The molecule has 3 rings (SSSR count). The van der Waals surface area contributed by atoms with E-state index in [0.29, 0.717) is 29.1 Å². The first-order valence-electron chi connectivity index (χ1n) is 9.19. The average molecular weight is 394 g/mol. The molecule has 3 aromatic rings. The number of hydrogen-bond acceptors (Lipinski definition) is 4. The number of amides is 1. The SMILES string of the molecule is C=CCn1c(S[C@H](C)C(=O)NCCc2ccccc2)nc2ccccc2c1=O. The Kier molecular flexibility index (Phi) is 6.66. The number of allylic oxidation sites excluding steroid dienone is 1. The van der Waals surface area contributed by atoms with Crippen molar-refractivity contribution < 1.29 is 4.79 Å². The Labute approximate surface area is 168 Å². The Morgan fingerprint density at radius 1 is 1.21 bits per heavy atom. The second kappa shape index (κ2) is 9.37. The summed E-state index contributed by atoms with van der Waals surface area (Å²) in [5.74, 6) is -0.0755. The molecule has 6 heteroatoms. The molecule has 28 heavy (non-hydrogen) atoms. The molecule has 0 spiro atoms. The van der Waals surface area contributed by atoms with Gasteiger partial charge in [0.1, 0.15) is 0 Å². The Bertz CT molecular complexity index is 1030. The molecular formula is C22H23N3O2S. The second-order valence-corrected chi connectivity index (χ2v) is 7.71. The number of para-hydroxylation sites is 1. The molecule has 1 amide bonds. The van der Waals surface area contributed by atoms with Gasteiger partial charge in [-0.1, -0.05) is 60.3 Å². The number of rotatable bonds is 8. The molecule has 0 fully saturated rings. The maximum atomic E-state index is 12.8. The van der Waals surface area contributed by atoms with E-state index >= 15 is 0 Å². The van der Waals surface area contributed by atoms with Crippen molar-refractivity contribution in [3.05, 3.63) is 83.2 Å². The third-order valence-corrected chi connectivity index (χ3v) is 5.44. The van der Waals surface area contributed by atoms with E-state index in [1.165, 1.54) is 17.3 Å². The third kappa shape index (κ3) is 4.70. The maximum absolute atomic E-state index is 12.8. The number of thioether (sulfide) groups is 1. The van der Waals surface area contributed by atoms with Crippen molar-refractivity contribution in [1.82, 2.24) is 14.9 Å². The Morgan fingerprint density at radius 2 is 1.93 bits per heavy atom. The normalized spacial score (nSPS) is 11.9. The lowest BCUT2D eigenvalue weighted by Crippen LogP contribution is -2.33. The molecule has 0 radical (unpaired) electrons. The first-order chi connectivity index (χ1) is 13.6. The van der Waals surface area contributed by atoms with Gasteiger partial charge in [0.15, 0.2) is 5.16 Å². The largest absolute Gasteiger partial charge is 0.355 e. The fourth-order valence-corrected chi connectivity index (χ4v) is 3.80. The number of carbonyl (C=O) groups excluding carboxylic acids is 1. The van der Waals surface area contributed by atoms with Crippen molar-refractivity contribution in [3.8, 4) is 0 Å². The minimum Gasteiger partial charge on any atom is -0.355 e. The van der Waals surface area contributed by atoms with Gasteiger partial charge in [-0.3, -0.25) is 14.2 Å². The summed E-state index contributed by atoms with van der Waals surface area (Å²) in [6, 6.07) is 17.3. The molecule has 5 nitrogen and oxygen atoms in total. The van der Waals surface area contributed by atoms with Gasteiger partial charge in [0, 0.05) is 13.1 Å². The van der Waals surface area contributed by atoms with Crippen molar-refractivity contribution >= 4 is 28.6 Å². The lowest BCUT2D eigenvalue weighted by atomic mass is 10.1. The van der Waals surface area contributed by atoms with Crippen LogP contribution < -0.4 is 10.9 Å². The highest BCUT2D eigenvalue weighted by Crippen LogP contribution is 2.22. The van der Waals surface area contributed by atoms with Crippen molar-refractivity contribution in [2.75, 3.05) is 6.54 Å². The number of hydrogen-bond donors (Lipinski definition) is 1. The average Bonchev–Trinajstić information content (AvgIpc) is 2.71. The fourth-order valence-electron chi connectivity index (χ4n) is 2.86. The van der Waals surface area contributed by atoms with Crippen LogP contribution in [0.4, 0.5) is 0 Å². The van der Waals surface area contributed by atoms with Crippen molar-refractivity contribution in [3.63, 3.8) is 0 Å². The smallest absolute Gasteiger partial charge is 0.262 e.